The van der Waals surface area contributed by atoms with Crippen LogP contribution in [0, 0.1) is 5.92 Å². The van der Waals surface area contributed by atoms with Crippen LogP contribution in [0.15, 0.2) is 18.2 Å². The zero-order valence-corrected chi connectivity index (χ0v) is 14.5. The molecule has 1 N–H and O–H groups in total. The molecular formula is C17H25NO5. The molecule has 0 bridgehead atoms. The number of hydrogen-bond donors (Lipinski definition) is 1. The lowest BCUT2D eigenvalue weighted by Crippen LogP contribution is -2.44. The highest BCUT2D eigenvalue weighted by Crippen LogP contribution is 2.34. The molecule has 0 heterocycles. The summed E-state index contributed by atoms with van der Waals surface area (Å²) in [6.07, 6.45) is 0. The maximum absolute atomic E-state index is 12.7. The summed E-state index contributed by atoms with van der Waals surface area (Å²) in [6, 6.07) is 5.34. The number of aliphatic carboxylic acids is 1. The number of ether oxygens (including phenoxy) is 2. The van der Waals surface area contributed by atoms with E-state index in [0.717, 1.165) is 5.56 Å². The number of methoxy groups -OCH3 is 2. The summed E-state index contributed by atoms with van der Waals surface area (Å²) >= 11 is 0. The fraction of sp³-hybridized carbons (Fsp3) is 0.529. The van der Waals surface area contributed by atoms with Crippen LogP contribution < -0.4 is 9.47 Å². The molecule has 1 unspecified atom stereocenters. The van der Waals surface area contributed by atoms with Crippen LogP contribution in [0.25, 0.3) is 0 Å². The van der Waals surface area contributed by atoms with Gasteiger partial charge in [0.25, 0.3) is 0 Å². The van der Waals surface area contributed by atoms with Gasteiger partial charge < -0.3 is 19.5 Å². The number of hydrogen-bond acceptors (Lipinski definition) is 4. The van der Waals surface area contributed by atoms with Crippen molar-refractivity contribution >= 4 is 11.9 Å². The average Bonchev–Trinajstić information content (AvgIpc) is 2.52. The van der Waals surface area contributed by atoms with Gasteiger partial charge in [-0.2, -0.15) is 0 Å². The van der Waals surface area contributed by atoms with Gasteiger partial charge in [-0.15, -0.1) is 0 Å². The molecule has 1 rings (SSSR count). The zero-order valence-electron chi connectivity index (χ0n) is 14.5. The van der Waals surface area contributed by atoms with E-state index in [-0.39, 0.29) is 12.5 Å². The van der Waals surface area contributed by atoms with Crippen molar-refractivity contribution in [2.45, 2.75) is 26.2 Å². The monoisotopic (exact) mass is 323 g/mol. The second-order valence-electron chi connectivity index (χ2n) is 6.12. The van der Waals surface area contributed by atoms with Crippen molar-refractivity contribution in [1.29, 1.82) is 0 Å². The van der Waals surface area contributed by atoms with Gasteiger partial charge >= 0.3 is 5.97 Å². The highest BCUT2D eigenvalue weighted by molar-refractivity contribution is 5.87. The molecule has 0 fully saturated rings. The second-order valence-corrected chi connectivity index (χ2v) is 6.12. The standard InChI is InChI=1S/C17H25NO5/c1-11(15(19)20)10-18(4)16(21)17(2,3)12-7-8-13(22-5)14(9-12)23-6/h7-9,11H,10H2,1-6H3,(H,19,20). The molecule has 6 heteroatoms. The third kappa shape index (κ3) is 4.15. The zero-order chi connectivity index (χ0) is 17.8. The predicted octanol–water partition coefficient (Wildman–Crippen LogP) is 2.16. The molecule has 0 aliphatic carbocycles. The van der Waals surface area contributed by atoms with Crippen molar-refractivity contribution in [1.82, 2.24) is 4.90 Å². The van der Waals surface area contributed by atoms with Crippen molar-refractivity contribution in [3.63, 3.8) is 0 Å². The summed E-state index contributed by atoms with van der Waals surface area (Å²) in [5.74, 6) is -0.559. The van der Waals surface area contributed by atoms with E-state index in [0.29, 0.717) is 11.5 Å². The van der Waals surface area contributed by atoms with E-state index < -0.39 is 17.3 Å². The molecule has 0 aromatic heterocycles. The molecule has 0 spiro atoms. The number of carbonyl (C=O) groups excluding carboxylic acids is 1. The SMILES string of the molecule is COc1ccc(C(C)(C)C(=O)N(C)CC(C)C(=O)O)cc1OC. The summed E-state index contributed by atoms with van der Waals surface area (Å²) in [7, 11) is 4.70. The first-order valence-electron chi connectivity index (χ1n) is 7.36. The van der Waals surface area contributed by atoms with Crippen molar-refractivity contribution in [3.05, 3.63) is 23.8 Å². The van der Waals surface area contributed by atoms with Crippen LogP contribution in [0.4, 0.5) is 0 Å². The number of benzene rings is 1. The molecular weight excluding hydrogens is 298 g/mol. The fourth-order valence-electron chi connectivity index (χ4n) is 2.40. The van der Waals surface area contributed by atoms with Gasteiger partial charge in [-0.25, -0.2) is 0 Å². The molecule has 0 radical (unpaired) electrons. The Hall–Kier alpha value is -2.24. The molecule has 1 atom stereocenters. The average molecular weight is 323 g/mol. The van der Waals surface area contributed by atoms with E-state index in [1.165, 1.54) is 12.0 Å². The molecule has 1 aromatic carbocycles. The molecule has 1 amide bonds. The van der Waals surface area contributed by atoms with Gasteiger partial charge in [0.05, 0.1) is 25.6 Å². The van der Waals surface area contributed by atoms with E-state index in [1.54, 1.807) is 47.1 Å². The first kappa shape index (κ1) is 18.8. The summed E-state index contributed by atoms with van der Waals surface area (Å²) in [5, 5.41) is 8.99. The van der Waals surface area contributed by atoms with E-state index in [4.69, 9.17) is 14.6 Å². The Morgan fingerprint density at radius 3 is 2.26 bits per heavy atom. The minimum atomic E-state index is -0.923. The Morgan fingerprint density at radius 1 is 1.22 bits per heavy atom. The van der Waals surface area contributed by atoms with E-state index in [1.807, 2.05) is 6.07 Å². The van der Waals surface area contributed by atoms with Crippen molar-refractivity contribution < 1.29 is 24.2 Å². The summed E-state index contributed by atoms with van der Waals surface area (Å²) < 4.78 is 10.5. The van der Waals surface area contributed by atoms with Crippen LogP contribution in [0.2, 0.25) is 0 Å². The summed E-state index contributed by atoms with van der Waals surface area (Å²) in [6.45, 7) is 5.34. The lowest BCUT2D eigenvalue weighted by Gasteiger charge is -2.31. The van der Waals surface area contributed by atoms with Crippen LogP contribution in [-0.4, -0.2) is 49.7 Å². The quantitative estimate of drug-likeness (QED) is 0.832. The van der Waals surface area contributed by atoms with Gasteiger partial charge in [-0.3, -0.25) is 9.59 Å². The Balaban J connectivity index is 3.05. The number of carboxylic acids is 1. The molecule has 128 valence electrons. The van der Waals surface area contributed by atoms with Crippen LogP contribution in [0.3, 0.4) is 0 Å². The minimum Gasteiger partial charge on any atom is -0.493 e. The van der Waals surface area contributed by atoms with Gasteiger partial charge in [-0.05, 0) is 31.5 Å². The third-order valence-electron chi connectivity index (χ3n) is 3.96. The largest absolute Gasteiger partial charge is 0.493 e. The number of likely N-dealkylation sites (N-methyl/N-ethyl adjacent to an activating group) is 1. The highest BCUT2D eigenvalue weighted by Gasteiger charge is 2.34. The van der Waals surface area contributed by atoms with E-state index in [2.05, 4.69) is 0 Å². The molecule has 0 saturated heterocycles. The maximum Gasteiger partial charge on any atom is 0.308 e. The third-order valence-corrected chi connectivity index (χ3v) is 3.96. The number of amides is 1. The van der Waals surface area contributed by atoms with Crippen LogP contribution in [-0.2, 0) is 15.0 Å². The number of nitrogens with zero attached hydrogens (tertiary/aromatic N) is 1. The van der Waals surface area contributed by atoms with Crippen LogP contribution in [0.1, 0.15) is 26.3 Å². The number of carboxylic acid groups (broad SMARTS) is 1. The van der Waals surface area contributed by atoms with E-state index >= 15 is 0 Å². The first-order chi connectivity index (χ1) is 10.6. The summed E-state index contributed by atoms with van der Waals surface area (Å²) in [5.41, 5.74) is -0.0398. The molecule has 0 aliphatic rings. The van der Waals surface area contributed by atoms with Gasteiger partial charge in [-0.1, -0.05) is 13.0 Å². The highest BCUT2D eigenvalue weighted by atomic mass is 16.5. The van der Waals surface area contributed by atoms with Gasteiger partial charge in [0.2, 0.25) is 5.91 Å². The van der Waals surface area contributed by atoms with Crippen molar-refractivity contribution in [2.75, 3.05) is 27.8 Å². The molecule has 23 heavy (non-hydrogen) atoms. The lowest BCUT2D eigenvalue weighted by molar-refractivity contribution is -0.143. The molecule has 0 aliphatic heterocycles. The maximum atomic E-state index is 12.7. The lowest BCUT2D eigenvalue weighted by atomic mass is 9.83. The summed E-state index contributed by atoms with van der Waals surface area (Å²) in [4.78, 5) is 25.2. The predicted molar refractivity (Wildman–Crippen MR) is 87.0 cm³/mol. The smallest absolute Gasteiger partial charge is 0.308 e. The Bertz CT molecular complexity index is 582. The van der Waals surface area contributed by atoms with Gasteiger partial charge in [0.15, 0.2) is 11.5 Å². The number of rotatable bonds is 7. The molecule has 6 nitrogen and oxygen atoms in total. The first-order valence-corrected chi connectivity index (χ1v) is 7.36. The van der Waals surface area contributed by atoms with Crippen LogP contribution in [0.5, 0.6) is 11.5 Å². The molecule has 1 aromatic rings. The Labute approximate surface area is 137 Å². The Kier molecular flexibility index (Phi) is 6.01. The van der Waals surface area contributed by atoms with Gasteiger partial charge in [0.1, 0.15) is 0 Å². The van der Waals surface area contributed by atoms with Crippen molar-refractivity contribution in [2.24, 2.45) is 5.92 Å². The number of carbonyl (C=O) groups is 2. The van der Waals surface area contributed by atoms with E-state index in [9.17, 15) is 9.59 Å². The topological polar surface area (TPSA) is 76.1 Å². The fourth-order valence-corrected chi connectivity index (χ4v) is 2.40. The van der Waals surface area contributed by atoms with Crippen molar-refractivity contribution in [3.8, 4) is 11.5 Å². The normalized spacial score (nSPS) is 12.4. The Morgan fingerprint density at radius 2 is 1.78 bits per heavy atom. The minimum absolute atomic E-state index is 0.155. The van der Waals surface area contributed by atoms with Crippen LogP contribution >= 0.6 is 0 Å². The van der Waals surface area contributed by atoms with Gasteiger partial charge in [0, 0.05) is 13.6 Å². The second kappa shape index (κ2) is 7.35. The molecule has 0 saturated carbocycles.